The summed E-state index contributed by atoms with van der Waals surface area (Å²) in [6.07, 6.45) is 16.2. The van der Waals surface area contributed by atoms with Crippen molar-refractivity contribution in [3.63, 3.8) is 0 Å². The molecular formula is C21H31NO. The van der Waals surface area contributed by atoms with Crippen molar-refractivity contribution in [1.82, 2.24) is 4.98 Å². The van der Waals surface area contributed by atoms with Crippen LogP contribution in [0.25, 0.3) is 10.9 Å². The van der Waals surface area contributed by atoms with Crippen molar-refractivity contribution in [2.24, 2.45) is 0 Å². The second-order valence-electron chi connectivity index (χ2n) is 5.93. The minimum atomic E-state index is 0.260. The molecule has 0 unspecified atom stereocenters. The zero-order valence-electron chi connectivity index (χ0n) is 14.5. The molecule has 0 fully saturated rings. The highest BCUT2D eigenvalue weighted by Crippen LogP contribution is 2.16. The molecule has 0 saturated carbocycles. The van der Waals surface area contributed by atoms with Crippen LogP contribution in [0.1, 0.15) is 64.7 Å². The summed E-state index contributed by atoms with van der Waals surface area (Å²) in [7, 11) is 0. The molecule has 23 heavy (non-hydrogen) atoms. The number of phenolic OH excluding ortho intramolecular Hbond substituents is 1. The third kappa shape index (κ3) is 9.02. The first-order valence-corrected chi connectivity index (χ1v) is 8.92. The lowest BCUT2D eigenvalue weighted by Gasteiger charge is -1.99. The van der Waals surface area contributed by atoms with Crippen LogP contribution in [-0.4, -0.2) is 10.1 Å². The van der Waals surface area contributed by atoms with E-state index in [9.17, 15) is 0 Å². The van der Waals surface area contributed by atoms with Gasteiger partial charge in [-0.15, -0.1) is 6.58 Å². The van der Waals surface area contributed by atoms with Crippen LogP contribution in [0.15, 0.2) is 49.2 Å². The summed E-state index contributed by atoms with van der Waals surface area (Å²) < 4.78 is 0. The fraction of sp³-hybridized carbons (Fsp3) is 0.476. The molecule has 0 bridgehead atoms. The van der Waals surface area contributed by atoms with E-state index in [1.807, 2.05) is 24.3 Å². The Hall–Kier alpha value is -1.83. The lowest BCUT2D eigenvalue weighted by Crippen LogP contribution is -1.79. The SMILES string of the molecule is C=CCCCCCCCCCC.Oc1ccc2cccnc2c1. The number of hydrogen-bond acceptors (Lipinski definition) is 2. The van der Waals surface area contributed by atoms with Gasteiger partial charge in [0.1, 0.15) is 5.75 Å². The summed E-state index contributed by atoms with van der Waals surface area (Å²) in [6.45, 7) is 5.99. The molecule has 0 saturated heterocycles. The molecule has 2 nitrogen and oxygen atoms in total. The second-order valence-corrected chi connectivity index (χ2v) is 5.93. The summed E-state index contributed by atoms with van der Waals surface area (Å²) in [5.41, 5.74) is 0.826. The third-order valence-electron chi connectivity index (χ3n) is 3.85. The molecule has 1 heterocycles. The Bertz CT molecular complexity index is 550. The van der Waals surface area contributed by atoms with E-state index in [1.165, 1.54) is 57.8 Å². The lowest BCUT2D eigenvalue weighted by atomic mass is 10.1. The van der Waals surface area contributed by atoms with Crippen molar-refractivity contribution in [2.75, 3.05) is 0 Å². The van der Waals surface area contributed by atoms with Gasteiger partial charge in [-0.2, -0.15) is 0 Å². The number of rotatable bonds is 9. The van der Waals surface area contributed by atoms with Gasteiger partial charge in [0.2, 0.25) is 0 Å². The standard InChI is InChI=1S/C12H24.C9H7NO/c1-3-5-7-9-11-12-10-8-6-4-2;11-8-4-3-7-2-1-5-10-9(7)6-8/h3H,1,4-12H2,2H3;1-6,11H. The number of allylic oxidation sites excluding steroid dienone is 1. The van der Waals surface area contributed by atoms with Gasteiger partial charge in [-0.1, -0.05) is 64.0 Å². The van der Waals surface area contributed by atoms with Gasteiger partial charge in [-0.05, 0) is 31.0 Å². The number of pyridine rings is 1. The molecule has 0 amide bonds. The van der Waals surface area contributed by atoms with E-state index in [4.69, 9.17) is 5.11 Å². The average molecular weight is 313 g/mol. The van der Waals surface area contributed by atoms with Crippen molar-refractivity contribution in [1.29, 1.82) is 0 Å². The van der Waals surface area contributed by atoms with Gasteiger partial charge in [-0.3, -0.25) is 4.98 Å². The number of nitrogens with zero attached hydrogens (tertiary/aromatic N) is 1. The molecule has 0 atom stereocenters. The minimum Gasteiger partial charge on any atom is -0.508 e. The number of hydrogen-bond donors (Lipinski definition) is 1. The van der Waals surface area contributed by atoms with Crippen molar-refractivity contribution >= 4 is 10.9 Å². The van der Waals surface area contributed by atoms with Gasteiger partial charge < -0.3 is 5.11 Å². The molecular weight excluding hydrogens is 282 g/mol. The monoisotopic (exact) mass is 313 g/mol. The lowest BCUT2D eigenvalue weighted by molar-refractivity contribution is 0.476. The van der Waals surface area contributed by atoms with E-state index < -0.39 is 0 Å². The Morgan fingerprint density at radius 2 is 1.70 bits per heavy atom. The molecule has 0 aliphatic carbocycles. The van der Waals surface area contributed by atoms with Gasteiger partial charge in [-0.25, -0.2) is 0 Å². The molecule has 0 spiro atoms. The molecule has 1 aromatic heterocycles. The first-order valence-electron chi connectivity index (χ1n) is 8.92. The topological polar surface area (TPSA) is 33.1 Å². The zero-order valence-corrected chi connectivity index (χ0v) is 14.5. The summed E-state index contributed by atoms with van der Waals surface area (Å²) in [5.74, 6) is 0.260. The van der Waals surface area contributed by atoms with E-state index in [0.29, 0.717) is 0 Å². The molecule has 0 aliphatic rings. The van der Waals surface area contributed by atoms with Gasteiger partial charge in [0.15, 0.2) is 0 Å². The molecule has 2 aromatic rings. The Morgan fingerprint density at radius 1 is 1.00 bits per heavy atom. The fourth-order valence-electron chi connectivity index (χ4n) is 2.48. The van der Waals surface area contributed by atoms with Crippen LogP contribution in [0.2, 0.25) is 0 Å². The van der Waals surface area contributed by atoms with Gasteiger partial charge >= 0.3 is 0 Å². The molecule has 126 valence electrons. The van der Waals surface area contributed by atoms with E-state index in [-0.39, 0.29) is 5.75 Å². The molecule has 0 radical (unpaired) electrons. The first-order chi connectivity index (χ1) is 11.3. The fourth-order valence-corrected chi connectivity index (χ4v) is 2.48. The normalized spacial score (nSPS) is 10.1. The Kier molecular flexibility index (Phi) is 10.6. The number of aromatic nitrogens is 1. The van der Waals surface area contributed by atoms with Crippen LogP contribution >= 0.6 is 0 Å². The maximum atomic E-state index is 9.09. The molecule has 0 aliphatic heterocycles. The predicted octanol–water partition coefficient (Wildman–Crippen LogP) is 6.64. The maximum Gasteiger partial charge on any atom is 0.117 e. The number of unbranched alkanes of at least 4 members (excludes halogenated alkanes) is 8. The van der Waals surface area contributed by atoms with Crippen LogP contribution in [0.4, 0.5) is 0 Å². The average Bonchev–Trinajstić information content (AvgIpc) is 2.58. The maximum absolute atomic E-state index is 9.09. The first kappa shape index (κ1) is 19.2. The molecule has 1 N–H and O–H groups in total. The van der Waals surface area contributed by atoms with E-state index in [1.54, 1.807) is 18.3 Å². The number of phenols is 1. The molecule has 2 rings (SSSR count). The highest BCUT2D eigenvalue weighted by Gasteiger charge is 1.92. The predicted molar refractivity (Wildman–Crippen MR) is 101 cm³/mol. The highest BCUT2D eigenvalue weighted by molar-refractivity contribution is 5.79. The molecule has 1 aromatic carbocycles. The van der Waals surface area contributed by atoms with Gasteiger partial charge in [0.25, 0.3) is 0 Å². The van der Waals surface area contributed by atoms with Crippen molar-refractivity contribution < 1.29 is 5.11 Å². The van der Waals surface area contributed by atoms with Crippen molar-refractivity contribution in [3.05, 3.63) is 49.2 Å². The highest BCUT2D eigenvalue weighted by atomic mass is 16.3. The summed E-state index contributed by atoms with van der Waals surface area (Å²) in [4.78, 5) is 4.08. The Labute approximate surface area is 141 Å². The van der Waals surface area contributed by atoms with E-state index in [0.717, 1.165) is 10.9 Å². The second kappa shape index (κ2) is 12.7. The Balaban J connectivity index is 0.000000230. The van der Waals surface area contributed by atoms with Gasteiger partial charge in [0.05, 0.1) is 5.52 Å². The number of benzene rings is 1. The van der Waals surface area contributed by atoms with Crippen LogP contribution in [0.3, 0.4) is 0 Å². The van der Waals surface area contributed by atoms with Crippen molar-refractivity contribution in [2.45, 2.75) is 64.7 Å². The Morgan fingerprint density at radius 3 is 2.39 bits per heavy atom. The van der Waals surface area contributed by atoms with E-state index >= 15 is 0 Å². The third-order valence-corrected chi connectivity index (χ3v) is 3.85. The molecule has 2 heteroatoms. The van der Waals surface area contributed by atoms with Crippen molar-refractivity contribution in [3.8, 4) is 5.75 Å². The largest absolute Gasteiger partial charge is 0.508 e. The van der Waals surface area contributed by atoms with E-state index in [2.05, 4.69) is 18.5 Å². The minimum absolute atomic E-state index is 0.260. The van der Waals surface area contributed by atoms with Crippen LogP contribution in [0, 0.1) is 0 Å². The quantitative estimate of drug-likeness (QED) is 0.415. The van der Waals surface area contributed by atoms with Crippen LogP contribution in [-0.2, 0) is 0 Å². The van der Waals surface area contributed by atoms with Crippen LogP contribution in [0.5, 0.6) is 5.75 Å². The number of fused-ring (bicyclic) bond motifs is 1. The van der Waals surface area contributed by atoms with Gasteiger partial charge in [0, 0.05) is 17.6 Å². The summed E-state index contributed by atoms with van der Waals surface area (Å²) in [6, 6.07) is 8.98. The smallest absolute Gasteiger partial charge is 0.117 e. The zero-order chi connectivity index (χ0) is 16.8. The summed E-state index contributed by atoms with van der Waals surface area (Å²) >= 11 is 0. The number of aromatic hydroxyl groups is 1. The summed E-state index contributed by atoms with van der Waals surface area (Å²) in [5, 5.41) is 10.1. The van der Waals surface area contributed by atoms with Crippen LogP contribution < -0.4 is 0 Å².